The molecule has 0 radical (unpaired) electrons. The van der Waals surface area contributed by atoms with E-state index in [1.807, 2.05) is 6.92 Å². The van der Waals surface area contributed by atoms with Crippen LogP contribution < -0.4 is 4.90 Å². The number of hydrogen-bond donors (Lipinski definition) is 0. The molecule has 0 aliphatic heterocycles. The van der Waals surface area contributed by atoms with Crippen LogP contribution in [0.25, 0.3) is 0 Å². The summed E-state index contributed by atoms with van der Waals surface area (Å²) in [4.78, 5) is 18.0. The Morgan fingerprint density at radius 1 is 1.26 bits per heavy atom. The predicted molar refractivity (Wildman–Crippen MR) is 75.7 cm³/mol. The summed E-state index contributed by atoms with van der Waals surface area (Å²) in [5.41, 5.74) is 1.16. The molecule has 0 spiro atoms. The minimum absolute atomic E-state index is 0.158. The normalized spacial score (nSPS) is 10.3. The van der Waals surface area contributed by atoms with Crippen molar-refractivity contribution < 1.29 is 9.18 Å². The number of benzene rings is 1. The van der Waals surface area contributed by atoms with Gasteiger partial charge < -0.3 is 4.90 Å². The smallest absolute Gasteiger partial charge is 0.259 e. The number of carbonyl (C=O) groups excluding carboxylic acids is 1. The van der Waals surface area contributed by atoms with E-state index in [0.29, 0.717) is 22.4 Å². The Hall–Kier alpha value is -1.75. The summed E-state index contributed by atoms with van der Waals surface area (Å²) in [7, 11) is 0. The van der Waals surface area contributed by atoms with Crippen LogP contribution in [0, 0.1) is 5.82 Å². The summed E-state index contributed by atoms with van der Waals surface area (Å²) in [5.74, 6) is -0.480. The highest BCUT2D eigenvalue weighted by molar-refractivity contribution is 9.10. The van der Waals surface area contributed by atoms with Crippen molar-refractivity contribution in [1.29, 1.82) is 0 Å². The highest BCUT2D eigenvalue weighted by Gasteiger charge is 2.16. The van der Waals surface area contributed by atoms with Crippen molar-refractivity contribution in [3.8, 4) is 0 Å². The lowest BCUT2D eigenvalue weighted by Crippen LogP contribution is -2.30. The summed E-state index contributed by atoms with van der Waals surface area (Å²) in [6.45, 7) is 2.37. The number of rotatable bonds is 3. The third kappa shape index (κ3) is 3.17. The largest absolute Gasteiger partial charge is 0.309 e. The number of halogens is 2. The number of carbonyl (C=O) groups is 1. The van der Waals surface area contributed by atoms with Crippen molar-refractivity contribution in [2.24, 2.45) is 0 Å². The van der Waals surface area contributed by atoms with Gasteiger partial charge in [-0.25, -0.2) is 9.37 Å². The van der Waals surface area contributed by atoms with Crippen molar-refractivity contribution in [1.82, 2.24) is 4.98 Å². The van der Waals surface area contributed by atoms with Crippen LogP contribution in [0.1, 0.15) is 17.3 Å². The number of anilines is 1. The number of hydrogen-bond acceptors (Lipinski definition) is 2. The van der Waals surface area contributed by atoms with E-state index in [2.05, 4.69) is 20.9 Å². The molecule has 98 valence electrons. The van der Waals surface area contributed by atoms with Gasteiger partial charge in [-0.2, -0.15) is 0 Å². The topological polar surface area (TPSA) is 33.2 Å². The summed E-state index contributed by atoms with van der Waals surface area (Å²) in [6.07, 6.45) is 1.51. The van der Waals surface area contributed by atoms with Gasteiger partial charge in [0.05, 0.1) is 5.56 Å². The molecule has 0 aliphatic carbocycles. The first-order valence-corrected chi connectivity index (χ1v) is 6.60. The molecule has 1 aromatic carbocycles. The Morgan fingerprint density at radius 2 is 1.95 bits per heavy atom. The maximum Gasteiger partial charge on any atom is 0.259 e. The second-order valence-electron chi connectivity index (χ2n) is 3.90. The zero-order valence-corrected chi connectivity index (χ0v) is 11.9. The third-order valence-corrected chi connectivity index (χ3v) is 3.14. The maximum atomic E-state index is 12.9. The van der Waals surface area contributed by atoms with Crippen LogP contribution >= 0.6 is 15.9 Å². The molecule has 3 nitrogen and oxygen atoms in total. The van der Waals surface area contributed by atoms with Crippen LogP contribution in [0.3, 0.4) is 0 Å². The average Bonchev–Trinajstić information content (AvgIpc) is 2.42. The van der Waals surface area contributed by atoms with E-state index in [9.17, 15) is 9.18 Å². The van der Waals surface area contributed by atoms with Crippen LogP contribution in [0.2, 0.25) is 0 Å². The molecule has 1 aromatic heterocycles. The van der Waals surface area contributed by atoms with Gasteiger partial charge in [-0.15, -0.1) is 0 Å². The molecule has 0 aliphatic rings. The van der Waals surface area contributed by atoms with Crippen LogP contribution in [0.4, 0.5) is 10.1 Å². The second kappa shape index (κ2) is 5.93. The van der Waals surface area contributed by atoms with Crippen molar-refractivity contribution in [3.05, 3.63) is 58.6 Å². The van der Waals surface area contributed by atoms with Gasteiger partial charge in [-0.3, -0.25) is 4.79 Å². The first-order valence-electron chi connectivity index (χ1n) is 5.81. The molecular weight excluding hydrogens is 311 g/mol. The van der Waals surface area contributed by atoms with Gasteiger partial charge in [-0.05, 0) is 59.3 Å². The molecular formula is C14H12BrFN2O. The van der Waals surface area contributed by atoms with E-state index in [4.69, 9.17) is 0 Å². The standard InChI is InChI=1S/C14H12BrFN2O/c1-2-18(12-6-4-11(16)5-7-12)14(19)10-3-8-13(15)17-9-10/h3-9H,2H2,1H3. The first kappa shape index (κ1) is 13.7. The lowest BCUT2D eigenvalue weighted by molar-refractivity contribution is 0.0988. The lowest BCUT2D eigenvalue weighted by Gasteiger charge is -2.21. The molecule has 1 heterocycles. The van der Waals surface area contributed by atoms with E-state index >= 15 is 0 Å². The molecule has 1 amide bonds. The Bertz CT molecular complexity index is 569. The molecule has 0 unspecified atom stereocenters. The number of amides is 1. The average molecular weight is 323 g/mol. The van der Waals surface area contributed by atoms with Gasteiger partial charge in [0.1, 0.15) is 10.4 Å². The fourth-order valence-corrected chi connectivity index (χ4v) is 1.96. The number of nitrogens with zero attached hydrogens (tertiary/aromatic N) is 2. The van der Waals surface area contributed by atoms with Gasteiger partial charge in [-0.1, -0.05) is 0 Å². The molecule has 0 saturated heterocycles. The fraction of sp³-hybridized carbons (Fsp3) is 0.143. The summed E-state index contributed by atoms with van der Waals surface area (Å²) in [6, 6.07) is 9.26. The lowest BCUT2D eigenvalue weighted by atomic mass is 10.2. The minimum Gasteiger partial charge on any atom is -0.309 e. The molecule has 0 fully saturated rings. The van der Waals surface area contributed by atoms with Crippen molar-refractivity contribution in [2.75, 3.05) is 11.4 Å². The highest BCUT2D eigenvalue weighted by atomic mass is 79.9. The van der Waals surface area contributed by atoms with Gasteiger partial charge in [0.25, 0.3) is 5.91 Å². The van der Waals surface area contributed by atoms with Crippen LogP contribution in [-0.4, -0.2) is 17.4 Å². The maximum absolute atomic E-state index is 12.9. The van der Waals surface area contributed by atoms with Crippen LogP contribution in [0.5, 0.6) is 0 Å². The predicted octanol–water partition coefficient (Wildman–Crippen LogP) is 3.65. The van der Waals surface area contributed by atoms with Crippen molar-refractivity contribution in [3.63, 3.8) is 0 Å². The Morgan fingerprint density at radius 3 is 2.47 bits per heavy atom. The molecule has 19 heavy (non-hydrogen) atoms. The molecule has 0 N–H and O–H groups in total. The first-order chi connectivity index (χ1) is 9.11. The second-order valence-corrected chi connectivity index (χ2v) is 4.71. The van der Waals surface area contributed by atoms with Crippen LogP contribution in [0.15, 0.2) is 47.2 Å². The number of pyridine rings is 1. The van der Waals surface area contributed by atoms with E-state index < -0.39 is 0 Å². The highest BCUT2D eigenvalue weighted by Crippen LogP contribution is 2.18. The Kier molecular flexibility index (Phi) is 4.27. The zero-order valence-electron chi connectivity index (χ0n) is 10.3. The molecule has 0 bridgehead atoms. The molecule has 0 saturated carbocycles. The molecule has 2 rings (SSSR count). The van der Waals surface area contributed by atoms with Gasteiger partial charge in [0.15, 0.2) is 0 Å². The Labute approximate surface area is 119 Å². The quantitative estimate of drug-likeness (QED) is 0.808. The van der Waals surface area contributed by atoms with Crippen molar-refractivity contribution >= 4 is 27.5 Å². The third-order valence-electron chi connectivity index (χ3n) is 2.67. The van der Waals surface area contributed by atoms with Gasteiger partial charge >= 0.3 is 0 Å². The van der Waals surface area contributed by atoms with Crippen molar-refractivity contribution in [2.45, 2.75) is 6.92 Å². The molecule has 0 atom stereocenters. The number of aromatic nitrogens is 1. The monoisotopic (exact) mass is 322 g/mol. The minimum atomic E-state index is -0.322. The molecule has 5 heteroatoms. The molecule has 2 aromatic rings. The summed E-state index contributed by atoms with van der Waals surface area (Å²) < 4.78 is 13.6. The van der Waals surface area contributed by atoms with E-state index in [-0.39, 0.29) is 11.7 Å². The van der Waals surface area contributed by atoms with E-state index in [1.54, 1.807) is 29.2 Å². The van der Waals surface area contributed by atoms with E-state index in [1.165, 1.54) is 18.3 Å². The van der Waals surface area contributed by atoms with E-state index in [0.717, 1.165) is 0 Å². The zero-order chi connectivity index (χ0) is 13.8. The Balaban J connectivity index is 2.29. The SMILES string of the molecule is CCN(C(=O)c1ccc(Br)nc1)c1ccc(F)cc1. The fourth-order valence-electron chi connectivity index (χ4n) is 1.72. The summed E-state index contributed by atoms with van der Waals surface area (Å²) in [5, 5.41) is 0. The van der Waals surface area contributed by atoms with Gasteiger partial charge in [0, 0.05) is 18.4 Å². The van der Waals surface area contributed by atoms with Gasteiger partial charge in [0.2, 0.25) is 0 Å². The van der Waals surface area contributed by atoms with Crippen LogP contribution in [-0.2, 0) is 0 Å². The summed E-state index contributed by atoms with van der Waals surface area (Å²) >= 11 is 3.22.